The number of aromatic nitrogens is 6. The van der Waals surface area contributed by atoms with Crippen LogP contribution in [0.5, 0.6) is 0 Å². The van der Waals surface area contributed by atoms with E-state index in [0.717, 1.165) is 123 Å². The van der Waals surface area contributed by atoms with Gasteiger partial charge >= 0.3 is 5.97 Å². The fraction of sp³-hybridized carbons (Fsp3) is 0.366. The Morgan fingerprint density at radius 2 is 1.22 bits per heavy atom. The van der Waals surface area contributed by atoms with Crippen LogP contribution >= 0.6 is 22.7 Å². The van der Waals surface area contributed by atoms with Crippen molar-refractivity contribution in [1.29, 1.82) is 0 Å². The molecule has 3 aliphatic heterocycles. The van der Waals surface area contributed by atoms with Crippen molar-refractivity contribution in [2.24, 2.45) is 21.8 Å². The highest BCUT2D eigenvalue weighted by atomic mass is 32.1. The molecule has 5 aliphatic rings. The molecule has 58 heavy (non-hydrogen) atoms. The zero-order chi connectivity index (χ0) is 39.3. The number of carboxylic acid groups (broad SMARTS) is 1. The summed E-state index contributed by atoms with van der Waals surface area (Å²) in [4.78, 5) is 68.5. The summed E-state index contributed by atoms with van der Waals surface area (Å²) in [6, 6.07) is 3.99. The van der Waals surface area contributed by atoms with Gasteiger partial charge in [0, 0.05) is 88.9 Å². The van der Waals surface area contributed by atoms with Crippen molar-refractivity contribution in [1.82, 2.24) is 39.7 Å². The summed E-state index contributed by atoms with van der Waals surface area (Å²) in [7, 11) is 2.12. The maximum Gasteiger partial charge on any atom is 0.306 e. The largest absolute Gasteiger partial charge is 0.481 e. The minimum absolute atomic E-state index is 0.0704. The zero-order valence-electron chi connectivity index (χ0n) is 31.8. The first-order chi connectivity index (χ1) is 28.3. The Kier molecular flexibility index (Phi) is 9.57. The van der Waals surface area contributed by atoms with E-state index in [4.69, 9.17) is 0 Å². The molecule has 11 rings (SSSR count). The van der Waals surface area contributed by atoms with Gasteiger partial charge in [-0.15, -0.1) is 22.7 Å². The van der Waals surface area contributed by atoms with E-state index in [2.05, 4.69) is 67.4 Å². The maximum atomic E-state index is 13.1. The number of aliphatic carboxylic acids is 1. The van der Waals surface area contributed by atoms with E-state index in [1.807, 2.05) is 37.0 Å². The lowest BCUT2D eigenvalue weighted by atomic mass is 9.86. The number of carbonyl (C=O) groups excluding carboxylic acids is 1. The Morgan fingerprint density at radius 3 is 1.76 bits per heavy atom. The fourth-order valence-electron chi connectivity index (χ4n) is 8.48. The molecule has 0 bridgehead atoms. The van der Waals surface area contributed by atoms with Crippen LogP contribution < -0.4 is 10.6 Å². The van der Waals surface area contributed by atoms with Gasteiger partial charge in [-0.2, -0.15) is 0 Å². The van der Waals surface area contributed by atoms with Crippen molar-refractivity contribution < 1.29 is 14.7 Å². The number of likely N-dealkylation sites (N-methyl/N-ethyl adjacent to an activating group) is 1. The highest BCUT2D eigenvalue weighted by molar-refractivity contribution is 7.19. The van der Waals surface area contributed by atoms with E-state index < -0.39 is 5.97 Å². The van der Waals surface area contributed by atoms with Crippen LogP contribution in [0.2, 0.25) is 0 Å². The van der Waals surface area contributed by atoms with Gasteiger partial charge in [-0.25, -0.2) is 29.9 Å². The Morgan fingerprint density at radius 1 is 0.707 bits per heavy atom. The number of hydrogen-bond donors (Lipinski definition) is 3. The molecule has 15 nitrogen and oxygen atoms in total. The summed E-state index contributed by atoms with van der Waals surface area (Å²) in [5, 5.41) is 18.1. The number of rotatable bonds is 6. The van der Waals surface area contributed by atoms with Gasteiger partial charge in [0.15, 0.2) is 0 Å². The minimum atomic E-state index is -0.721. The van der Waals surface area contributed by atoms with Crippen molar-refractivity contribution in [3.8, 4) is 0 Å². The van der Waals surface area contributed by atoms with Crippen LogP contribution in [0.1, 0.15) is 56.0 Å². The molecule has 0 saturated carbocycles. The second kappa shape index (κ2) is 15.2. The predicted molar refractivity (Wildman–Crippen MR) is 225 cm³/mol. The molecule has 1 saturated heterocycles. The summed E-state index contributed by atoms with van der Waals surface area (Å²) in [6.07, 6.45) is 15.1. The molecule has 1 amide bonds. The molecule has 6 aromatic heterocycles. The topological polar surface area (TPSA) is 187 Å². The van der Waals surface area contributed by atoms with Crippen LogP contribution in [0.3, 0.4) is 0 Å². The quantitative estimate of drug-likeness (QED) is 0.190. The maximum absolute atomic E-state index is 13.1. The summed E-state index contributed by atoms with van der Waals surface area (Å²) in [5.41, 5.74) is 6.91. The van der Waals surface area contributed by atoms with Gasteiger partial charge in [0.1, 0.15) is 45.6 Å². The van der Waals surface area contributed by atoms with Crippen molar-refractivity contribution in [3.05, 3.63) is 80.3 Å². The highest BCUT2D eigenvalue weighted by Gasteiger charge is 2.33. The third kappa shape index (κ3) is 6.96. The van der Waals surface area contributed by atoms with Crippen LogP contribution in [0.15, 0.2) is 47.2 Å². The fourth-order valence-corrected chi connectivity index (χ4v) is 11.0. The van der Waals surface area contributed by atoms with E-state index in [1.54, 1.807) is 29.0 Å². The first-order valence-corrected chi connectivity index (χ1v) is 21.2. The Balaban J connectivity index is 0.000000144. The molecule has 2 atom stereocenters. The molecule has 17 heteroatoms. The lowest BCUT2D eigenvalue weighted by Gasteiger charge is -2.35. The number of pyridine rings is 2. The summed E-state index contributed by atoms with van der Waals surface area (Å²) in [5.74, 6) is 2.35. The number of fused-ring (bicyclic) bond motifs is 8. The van der Waals surface area contributed by atoms with Crippen LogP contribution in [-0.4, -0.2) is 102 Å². The van der Waals surface area contributed by atoms with Crippen LogP contribution in [0.25, 0.3) is 20.4 Å². The van der Waals surface area contributed by atoms with Crippen molar-refractivity contribution in [2.45, 2.75) is 51.6 Å². The molecule has 0 spiro atoms. The summed E-state index contributed by atoms with van der Waals surface area (Å²) >= 11 is 3.27. The minimum Gasteiger partial charge on any atom is -0.481 e. The van der Waals surface area contributed by atoms with Crippen LogP contribution in [0, 0.1) is 11.8 Å². The molecule has 2 aliphatic carbocycles. The second-order valence-corrected chi connectivity index (χ2v) is 17.6. The van der Waals surface area contributed by atoms with E-state index in [1.165, 1.54) is 22.3 Å². The van der Waals surface area contributed by atoms with E-state index >= 15 is 0 Å². The Bertz CT molecular complexity index is 2670. The number of hydrogen-bond acceptors (Lipinski definition) is 15. The standard InChI is InChI=1S/C23H25N7OS.C18H15N5O2S/c1-29-4-6-30(7-5-29)23(31)14-2-3-17-18(8-14)32-22-20(17)21(26-13-27-22)28-19-9-15-10-24-11-16(15)12-25-19;24-18(25)9-1-2-12-13(3-9)26-17-15(12)16(21-8-22-17)23-14-4-10-5-19-6-11(10)7-20-14/h9-10,12-14H,2-8,11H2,1H3,(H,25,26,27,28);4-5,7-9H,1-3,6H2,(H,24,25)(H,20,21,22,23)/t14-;9-/m00/s1. The van der Waals surface area contributed by atoms with Gasteiger partial charge < -0.3 is 25.5 Å². The molecule has 9 heterocycles. The number of nitrogens with zero attached hydrogens (tertiary/aromatic N) is 10. The number of nitrogens with one attached hydrogen (secondary N) is 2. The zero-order valence-corrected chi connectivity index (χ0v) is 33.4. The third-order valence-corrected chi connectivity index (χ3v) is 14.1. The second-order valence-electron chi connectivity index (χ2n) is 15.4. The molecule has 3 N–H and O–H groups in total. The third-order valence-electron chi connectivity index (χ3n) is 11.7. The number of carboxylic acids is 1. The normalized spacial score (nSPS) is 19.3. The molecular formula is C41H40N12O3S2. The number of amides is 1. The number of carbonyl (C=O) groups is 2. The van der Waals surface area contributed by atoms with Gasteiger partial charge in [-0.3, -0.25) is 19.6 Å². The van der Waals surface area contributed by atoms with E-state index in [-0.39, 0.29) is 11.8 Å². The number of aryl methyl sites for hydroxylation is 2. The first kappa shape index (κ1) is 36.6. The van der Waals surface area contributed by atoms with Crippen LogP contribution in [-0.2, 0) is 48.4 Å². The van der Waals surface area contributed by atoms with Gasteiger partial charge in [-0.05, 0) is 68.8 Å². The molecule has 294 valence electrons. The van der Waals surface area contributed by atoms with Crippen molar-refractivity contribution >= 4 is 90.7 Å². The van der Waals surface area contributed by atoms with Gasteiger partial charge in [0.2, 0.25) is 5.91 Å². The number of thiophene rings is 2. The molecule has 6 aromatic rings. The summed E-state index contributed by atoms with van der Waals surface area (Å²) in [6.45, 7) is 4.97. The molecule has 1 fully saturated rings. The molecule has 0 radical (unpaired) electrons. The predicted octanol–water partition coefficient (Wildman–Crippen LogP) is 5.59. The van der Waals surface area contributed by atoms with Crippen LogP contribution in [0.4, 0.5) is 23.3 Å². The molecular weight excluding hydrogens is 773 g/mol. The van der Waals surface area contributed by atoms with Gasteiger partial charge in [0.05, 0.1) is 29.8 Å². The van der Waals surface area contributed by atoms with Gasteiger partial charge in [-0.1, -0.05) is 0 Å². The average Bonchev–Trinajstić information content (AvgIpc) is 4.05. The number of anilines is 4. The first-order valence-electron chi connectivity index (χ1n) is 19.6. The monoisotopic (exact) mass is 812 g/mol. The lowest BCUT2D eigenvalue weighted by Crippen LogP contribution is -2.49. The smallest absolute Gasteiger partial charge is 0.306 e. The highest BCUT2D eigenvalue weighted by Crippen LogP contribution is 2.42. The average molecular weight is 813 g/mol. The van der Waals surface area contributed by atoms with Crippen molar-refractivity contribution in [3.63, 3.8) is 0 Å². The molecule has 0 aromatic carbocycles. The van der Waals surface area contributed by atoms with Gasteiger partial charge in [0.25, 0.3) is 0 Å². The SMILES string of the molecule is CN1CCN(C(=O)[C@H]2CCc3c(sc4ncnc(Nc5cc6c(cn5)CN=C6)c34)C2)CC1.O=C(O)[C@H]1CCc2c(sc3ncnc(Nc4cc5c(cn4)CN=C5)c23)C1. The van der Waals surface area contributed by atoms with Crippen molar-refractivity contribution in [2.75, 3.05) is 43.9 Å². The van der Waals surface area contributed by atoms with E-state index in [9.17, 15) is 14.7 Å². The number of piperazine rings is 1. The lowest BCUT2D eigenvalue weighted by molar-refractivity contribution is -0.142. The molecule has 0 unspecified atom stereocenters. The van der Waals surface area contributed by atoms with E-state index in [0.29, 0.717) is 31.8 Å². The Labute approximate surface area is 341 Å². The summed E-state index contributed by atoms with van der Waals surface area (Å²) < 4.78 is 0. The number of aliphatic imine (C=N–C) groups is 2. The Hall–Kier alpha value is -5.78.